The standard InChI is InChI=1S/C16H18N2O3/c1-10(2)8-13-15(19)18-14(16(20)17-13)9-11-4-6-12(21-3)7-5-11/h4-10H,1-3H3,(H,17,20)(H,18,19)/b13-8-,14-9+. The van der Waals surface area contributed by atoms with Gasteiger partial charge in [-0.25, -0.2) is 0 Å². The summed E-state index contributed by atoms with van der Waals surface area (Å²) in [5.41, 5.74) is 0.179. The second-order valence-electron chi connectivity index (χ2n) is 5.06. The maximum atomic E-state index is 12.0. The third kappa shape index (κ3) is 3.72. The zero-order valence-corrected chi connectivity index (χ0v) is 12.3. The van der Waals surface area contributed by atoms with E-state index in [-0.39, 0.29) is 22.4 Å². The van der Waals surface area contributed by atoms with Crippen molar-refractivity contribution < 1.29 is 4.74 Å². The van der Waals surface area contributed by atoms with Crippen LogP contribution >= 0.6 is 0 Å². The Morgan fingerprint density at radius 2 is 1.57 bits per heavy atom. The number of nitrogens with one attached hydrogen (secondary N) is 2. The summed E-state index contributed by atoms with van der Waals surface area (Å²) < 4.78 is 5.07. The molecule has 2 rings (SSSR count). The molecule has 0 radical (unpaired) electrons. The highest BCUT2D eigenvalue weighted by atomic mass is 16.5. The van der Waals surface area contributed by atoms with Gasteiger partial charge in [0, 0.05) is 0 Å². The zero-order valence-electron chi connectivity index (χ0n) is 12.3. The first-order valence-corrected chi connectivity index (χ1v) is 6.70. The van der Waals surface area contributed by atoms with Crippen LogP contribution in [0.4, 0.5) is 0 Å². The lowest BCUT2D eigenvalue weighted by atomic mass is 10.2. The summed E-state index contributed by atoms with van der Waals surface area (Å²) in [4.78, 5) is 29.1. The topological polar surface area (TPSA) is 75.0 Å². The molecule has 0 saturated heterocycles. The number of ether oxygens (including phenoxy) is 1. The van der Waals surface area contributed by atoms with Gasteiger partial charge >= 0.3 is 0 Å². The van der Waals surface area contributed by atoms with E-state index < -0.39 is 0 Å². The van der Waals surface area contributed by atoms with Crippen LogP contribution in [0.25, 0.3) is 12.2 Å². The average Bonchev–Trinajstić information content (AvgIpc) is 2.44. The largest absolute Gasteiger partial charge is 0.497 e. The van der Waals surface area contributed by atoms with Crippen LogP contribution in [0.1, 0.15) is 19.4 Å². The summed E-state index contributed by atoms with van der Waals surface area (Å²) in [5.74, 6) is 0.912. The van der Waals surface area contributed by atoms with Gasteiger partial charge in [0.15, 0.2) is 0 Å². The van der Waals surface area contributed by atoms with Crippen molar-refractivity contribution in [2.75, 3.05) is 7.11 Å². The van der Waals surface area contributed by atoms with Crippen molar-refractivity contribution in [3.63, 3.8) is 0 Å². The monoisotopic (exact) mass is 286 g/mol. The highest BCUT2D eigenvalue weighted by molar-refractivity contribution is 5.49. The van der Waals surface area contributed by atoms with Crippen molar-refractivity contribution >= 4 is 12.2 Å². The Morgan fingerprint density at radius 3 is 2.14 bits per heavy atom. The Kier molecular flexibility index (Phi) is 4.42. The van der Waals surface area contributed by atoms with E-state index in [1.54, 1.807) is 31.4 Å². The Bertz CT molecular complexity index is 843. The van der Waals surface area contributed by atoms with E-state index in [0.29, 0.717) is 5.35 Å². The minimum atomic E-state index is -0.322. The number of aromatic nitrogens is 2. The van der Waals surface area contributed by atoms with Gasteiger partial charge in [-0.15, -0.1) is 0 Å². The third-order valence-corrected chi connectivity index (χ3v) is 2.91. The van der Waals surface area contributed by atoms with Crippen molar-refractivity contribution in [3.8, 4) is 5.75 Å². The van der Waals surface area contributed by atoms with Crippen molar-refractivity contribution in [1.82, 2.24) is 9.97 Å². The lowest BCUT2D eigenvalue weighted by Crippen LogP contribution is -2.47. The predicted molar refractivity (Wildman–Crippen MR) is 82.8 cm³/mol. The maximum absolute atomic E-state index is 12.0. The maximum Gasteiger partial charge on any atom is 0.272 e. The predicted octanol–water partition coefficient (Wildman–Crippen LogP) is 0.337. The van der Waals surface area contributed by atoms with E-state index in [9.17, 15) is 9.59 Å². The number of hydrogen-bond donors (Lipinski definition) is 2. The quantitative estimate of drug-likeness (QED) is 0.854. The molecule has 0 aliphatic heterocycles. The number of methoxy groups -OCH3 is 1. The van der Waals surface area contributed by atoms with Crippen molar-refractivity contribution in [2.45, 2.75) is 13.8 Å². The molecule has 0 spiro atoms. The van der Waals surface area contributed by atoms with Crippen LogP contribution in [0.2, 0.25) is 0 Å². The van der Waals surface area contributed by atoms with Crippen molar-refractivity contribution in [1.29, 1.82) is 0 Å². The molecule has 0 amide bonds. The van der Waals surface area contributed by atoms with E-state index in [0.717, 1.165) is 11.3 Å². The van der Waals surface area contributed by atoms with E-state index in [1.165, 1.54) is 0 Å². The summed E-state index contributed by atoms with van der Waals surface area (Å²) in [6, 6.07) is 7.20. The molecule has 5 heteroatoms. The normalized spacial score (nSPS) is 13.0. The van der Waals surface area contributed by atoms with Gasteiger partial charge in [0.1, 0.15) is 16.4 Å². The first kappa shape index (κ1) is 14.8. The van der Waals surface area contributed by atoms with Gasteiger partial charge in [0.05, 0.1) is 7.11 Å². The van der Waals surface area contributed by atoms with Gasteiger partial charge in [-0.2, -0.15) is 0 Å². The van der Waals surface area contributed by atoms with Crippen molar-refractivity contribution in [2.24, 2.45) is 5.92 Å². The van der Waals surface area contributed by atoms with Gasteiger partial charge in [0.2, 0.25) is 0 Å². The van der Waals surface area contributed by atoms with Gasteiger partial charge in [-0.05, 0) is 29.7 Å². The molecule has 21 heavy (non-hydrogen) atoms. The number of aromatic amines is 2. The van der Waals surface area contributed by atoms with Crippen LogP contribution < -0.4 is 26.6 Å². The fourth-order valence-corrected chi connectivity index (χ4v) is 1.91. The van der Waals surface area contributed by atoms with Gasteiger partial charge < -0.3 is 14.7 Å². The van der Waals surface area contributed by atoms with Crippen LogP contribution in [0.5, 0.6) is 5.75 Å². The Balaban J connectivity index is 2.54. The van der Waals surface area contributed by atoms with Gasteiger partial charge in [0.25, 0.3) is 11.1 Å². The molecule has 1 aromatic carbocycles. The first-order valence-electron chi connectivity index (χ1n) is 6.70. The third-order valence-electron chi connectivity index (χ3n) is 2.91. The van der Waals surface area contributed by atoms with Crippen LogP contribution in [-0.4, -0.2) is 17.1 Å². The zero-order chi connectivity index (χ0) is 15.4. The molecule has 110 valence electrons. The summed E-state index contributed by atoms with van der Waals surface area (Å²) in [6.07, 6.45) is 3.34. The Morgan fingerprint density at radius 1 is 1.00 bits per heavy atom. The number of rotatable bonds is 3. The van der Waals surface area contributed by atoms with E-state index in [1.807, 2.05) is 26.0 Å². The fourth-order valence-electron chi connectivity index (χ4n) is 1.91. The second kappa shape index (κ2) is 6.26. The van der Waals surface area contributed by atoms with Crippen LogP contribution in [0, 0.1) is 5.92 Å². The van der Waals surface area contributed by atoms with Crippen molar-refractivity contribution in [3.05, 3.63) is 61.2 Å². The lowest BCUT2D eigenvalue weighted by Gasteiger charge is -1.99. The molecule has 5 nitrogen and oxygen atoms in total. The van der Waals surface area contributed by atoms with Gasteiger partial charge in [-0.3, -0.25) is 9.59 Å². The van der Waals surface area contributed by atoms with Crippen LogP contribution in [0.15, 0.2) is 33.9 Å². The lowest BCUT2D eigenvalue weighted by molar-refractivity contribution is 0.415. The SMILES string of the molecule is COc1ccc(/C=c2/[nH]c(=O)/c(=C/C(C)C)[nH]c2=O)cc1. The summed E-state index contributed by atoms with van der Waals surface area (Å²) in [5, 5.41) is 0.521. The Hall–Kier alpha value is -2.56. The summed E-state index contributed by atoms with van der Waals surface area (Å²) in [7, 11) is 1.59. The molecular weight excluding hydrogens is 268 g/mol. The van der Waals surface area contributed by atoms with Crippen LogP contribution in [0.3, 0.4) is 0 Å². The molecule has 1 aromatic heterocycles. The minimum absolute atomic E-state index is 0.179. The smallest absolute Gasteiger partial charge is 0.272 e. The molecule has 2 aromatic rings. The average molecular weight is 286 g/mol. The molecule has 0 bridgehead atoms. The highest BCUT2D eigenvalue weighted by Gasteiger charge is 1.97. The first-order chi connectivity index (χ1) is 9.99. The highest BCUT2D eigenvalue weighted by Crippen LogP contribution is 2.11. The molecule has 1 heterocycles. The molecule has 2 N–H and O–H groups in total. The molecular formula is C16H18N2O3. The summed E-state index contributed by atoms with van der Waals surface area (Å²) >= 11 is 0. The van der Waals surface area contributed by atoms with E-state index in [2.05, 4.69) is 9.97 Å². The molecule has 0 aliphatic rings. The second-order valence-corrected chi connectivity index (χ2v) is 5.06. The molecule has 0 aliphatic carbocycles. The Labute approximate surface area is 121 Å². The molecule has 0 saturated carbocycles. The fraction of sp³-hybridized carbons (Fsp3) is 0.250. The molecule has 0 unspecified atom stereocenters. The molecule has 0 atom stereocenters. The number of hydrogen-bond acceptors (Lipinski definition) is 3. The minimum Gasteiger partial charge on any atom is -0.497 e. The van der Waals surface area contributed by atoms with E-state index in [4.69, 9.17) is 4.74 Å². The number of benzene rings is 1. The van der Waals surface area contributed by atoms with Gasteiger partial charge in [-0.1, -0.05) is 32.1 Å². The van der Waals surface area contributed by atoms with Crippen LogP contribution in [-0.2, 0) is 0 Å². The number of H-pyrrole nitrogens is 2. The summed E-state index contributed by atoms with van der Waals surface area (Å²) in [6.45, 7) is 3.88. The van der Waals surface area contributed by atoms with E-state index >= 15 is 0 Å². The molecule has 0 fully saturated rings.